The number of hydrogen-bond donors (Lipinski definition) is 2. The van der Waals surface area contributed by atoms with Gasteiger partial charge in [-0.15, -0.1) is 0 Å². The van der Waals surface area contributed by atoms with Crippen LogP contribution in [0.25, 0.3) is 22.8 Å². The van der Waals surface area contributed by atoms with Crippen LogP contribution in [-0.2, 0) is 0 Å². The van der Waals surface area contributed by atoms with Crippen LogP contribution in [0.3, 0.4) is 0 Å². The lowest BCUT2D eigenvalue weighted by Crippen LogP contribution is -2.11. The molecule has 31 heavy (non-hydrogen) atoms. The van der Waals surface area contributed by atoms with Gasteiger partial charge in [-0.3, -0.25) is 4.98 Å². The van der Waals surface area contributed by atoms with Crippen LogP contribution in [0.1, 0.15) is 22.9 Å². The third-order valence-electron chi connectivity index (χ3n) is 4.59. The minimum absolute atomic E-state index is 0.112. The van der Waals surface area contributed by atoms with Gasteiger partial charge in [-0.25, -0.2) is 9.97 Å². The van der Waals surface area contributed by atoms with E-state index in [0.717, 1.165) is 5.69 Å². The highest BCUT2D eigenvalue weighted by molar-refractivity contribution is 5.69. The molecule has 0 fully saturated rings. The summed E-state index contributed by atoms with van der Waals surface area (Å²) < 4.78 is 11.5. The lowest BCUT2D eigenvalue weighted by atomic mass is 10.1. The number of ether oxygens (including phenoxy) is 1. The molecule has 0 aliphatic carbocycles. The van der Waals surface area contributed by atoms with Crippen LogP contribution in [0.5, 0.6) is 11.5 Å². The van der Waals surface area contributed by atoms with Crippen molar-refractivity contribution in [2.75, 3.05) is 6.54 Å². The van der Waals surface area contributed by atoms with Crippen molar-refractivity contribution < 1.29 is 14.3 Å². The maximum Gasteiger partial charge on any atom is 0.245 e. The number of hydrogen-bond acceptors (Lipinski definition) is 8. The molecule has 0 unspecified atom stereocenters. The van der Waals surface area contributed by atoms with E-state index in [4.69, 9.17) is 14.9 Å². The molecule has 0 aliphatic rings. The van der Waals surface area contributed by atoms with Crippen molar-refractivity contribution in [3.8, 4) is 40.4 Å². The number of oxazole rings is 1. The smallest absolute Gasteiger partial charge is 0.245 e. The summed E-state index contributed by atoms with van der Waals surface area (Å²) in [6.45, 7) is 1.95. The van der Waals surface area contributed by atoms with Crippen molar-refractivity contribution in [1.29, 1.82) is 5.26 Å². The summed E-state index contributed by atoms with van der Waals surface area (Å²) in [5.74, 6) is 1.37. The molecule has 0 radical (unpaired) electrons. The first-order valence-corrected chi connectivity index (χ1v) is 9.52. The van der Waals surface area contributed by atoms with Crippen LogP contribution in [0.15, 0.2) is 65.5 Å². The third-order valence-corrected chi connectivity index (χ3v) is 4.59. The topological polar surface area (TPSA) is 131 Å². The number of nitriles is 1. The Morgan fingerprint density at radius 2 is 2.03 bits per heavy atom. The van der Waals surface area contributed by atoms with Crippen LogP contribution in [0.2, 0.25) is 0 Å². The van der Waals surface area contributed by atoms with Gasteiger partial charge in [0.05, 0.1) is 29.6 Å². The monoisotopic (exact) mass is 413 g/mol. The zero-order valence-electron chi connectivity index (χ0n) is 16.7. The van der Waals surface area contributed by atoms with E-state index in [0.29, 0.717) is 45.5 Å². The van der Waals surface area contributed by atoms with Crippen molar-refractivity contribution in [3.05, 3.63) is 77.9 Å². The van der Waals surface area contributed by atoms with Crippen molar-refractivity contribution >= 4 is 0 Å². The summed E-state index contributed by atoms with van der Waals surface area (Å²) in [5.41, 5.74) is 9.18. The van der Waals surface area contributed by atoms with Crippen LogP contribution in [0.4, 0.5) is 0 Å². The van der Waals surface area contributed by atoms with Crippen molar-refractivity contribution in [3.63, 3.8) is 0 Å². The molecule has 0 aliphatic heterocycles. The van der Waals surface area contributed by atoms with E-state index in [1.807, 2.05) is 6.92 Å². The van der Waals surface area contributed by atoms with Crippen molar-refractivity contribution in [2.24, 2.45) is 5.73 Å². The van der Waals surface area contributed by atoms with E-state index in [2.05, 4.69) is 21.0 Å². The van der Waals surface area contributed by atoms with Gasteiger partial charge in [-0.1, -0.05) is 6.07 Å². The van der Waals surface area contributed by atoms with E-state index >= 15 is 0 Å². The summed E-state index contributed by atoms with van der Waals surface area (Å²) in [6.07, 6.45) is 3.83. The van der Waals surface area contributed by atoms with Gasteiger partial charge >= 0.3 is 0 Å². The Labute approximate surface area is 178 Å². The summed E-state index contributed by atoms with van der Waals surface area (Å²) in [6, 6.07) is 14.3. The molecule has 4 rings (SSSR count). The zero-order valence-corrected chi connectivity index (χ0v) is 16.7. The molecule has 3 aromatic heterocycles. The van der Waals surface area contributed by atoms with Crippen LogP contribution >= 0.6 is 0 Å². The minimum atomic E-state index is -0.772. The molecular formula is C23H19N5O3. The average Bonchev–Trinajstić information content (AvgIpc) is 3.33. The number of nitrogens with two attached hydrogens (primary N) is 1. The lowest BCUT2D eigenvalue weighted by Gasteiger charge is -2.13. The number of aliphatic hydroxyl groups excluding tert-OH is 1. The predicted molar refractivity (Wildman–Crippen MR) is 113 cm³/mol. The first kappa shape index (κ1) is 20.2. The number of aryl methyl sites for hydroxylation is 1. The maximum absolute atomic E-state index is 9.89. The number of nitrogens with zero attached hydrogens (tertiary/aromatic N) is 4. The molecule has 0 bridgehead atoms. The van der Waals surface area contributed by atoms with Gasteiger partial charge in [0.1, 0.15) is 23.5 Å². The van der Waals surface area contributed by atoms with Gasteiger partial charge in [-0.05, 0) is 31.2 Å². The summed E-state index contributed by atoms with van der Waals surface area (Å²) in [7, 11) is 0. The van der Waals surface area contributed by atoms with E-state index in [9.17, 15) is 10.4 Å². The van der Waals surface area contributed by atoms with Gasteiger partial charge in [0.15, 0.2) is 0 Å². The quantitative estimate of drug-likeness (QED) is 0.488. The Bertz CT molecular complexity index is 1230. The molecule has 1 aromatic carbocycles. The molecular weight excluding hydrogens is 394 g/mol. The van der Waals surface area contributed by atoms with Crippen molar-refractivity contribution in [1.82, 2.24) is 15.0 Å². The number of rotatable bonds is 6. The summed E-state index contributed by atoms with van der Waals surface area (Å²) >= 11 is 0. The number of aliphatic hydroxyl groups is 1. The van der Waals surface area contributed by atoms with Crippen LogP contribution in [-0.4, -0.2) is 26.6 Å². The predicted octanol–water partition coefficient (Wildman–Crippen LogP) is 3.76. The molecule has 0 spiro atoms. The molecule has 0 saturated carbocycles. The van der Waals surface area contributed by atoms with E-state index in [1.165, 1.54) is 6.26 Å². The fourth-order valence-corrected chi connectivity index (χ4v) is 3.07. The van der Waals surface area contributed by atoms with Crippen LogP contribution < -0.4 is 10.5 Å². The van der Waals surface area contributed by atoms with Gasteiger partial charge in [-0.2, -0.15) is 5.26 Å². The highest BCUT2D eigenvalue weighted by atomic mass is 16.5. The first-order chi connectivity index (χ1) is 15.1. The normalized spacial score (nSPS) is 11.7. The Balaban J connectivity index is 1.73. The third kappa shape index (κ3) is 4.43. The molecule has 154 valence electrons. The maximum atomic E-state index is 9.89. The highest BCUT2D eigenvalue weighted by Gasteiger charge is 2.14. The molecule has 8 nitrogen and oxygen atoms in total. The largest absolute Gasteiger partial charge is 0.456 e. The summed E-state index contributed by atoms with van der Waals surface area (Å²) in [5, 5.41) is 19.2. The van der Waals surface area contributed by atoms with Gasteiger partial charge in [0.25, 0.3) is 0 Å². The Hall–Kier alpha value is -4.06. The molecule has 3 N–H and O–H groups in total. The number of pyridine rings is 2. The highest BCUT2D eigenvalue weighted by Crippen LogP contribution is 2.35. The van der Waals surface area contributed by atoms with Crippen LogP contribution in [0, 0.1) is 18.3 Å². The second-order valence-corrected chi connectivity index (χ2v) is 6.82. The fraction of sp³-hybridized carbons (Fsp3) is 0.130. The van der Waals surface area contributed by atoms with Gasteiger partial charge < -0.3 is 20.0 Å². The van der Waals surface area contributed by atoms with Crippen molar-refractivity contribution in [2.45, 2.75) is 13.0 Å². The Kier molecular flexibility index (Phi) is 5.71. The average molecular weight is 413 g/mol. The number of aromatic nitrogens is 3. The molecule has 0 amide bonds. The molecule has 4 aromatic rings. The van der Waals surface area contributed by atoms with E-state index in [1.54, 1.807) is 54.9 Å². The standard InChI is InChI=1S/C23H19N5O3/c1-14-8-17(10-20(28-14)23-26-6-7-30-23)31-22-9-15(11-24)2-4-18(22)19-5-3-16(13-27-19)21(29)12-25/h2-10,13,21,29H,12,25H2,1H3/t21-/m1/s1. The second kappa shape index (κ2) is 8.75. The Morgan fingerprint density at radius 1 is 1.16 bits per heavy atom. The van der Waals surface area contributed by atoms with Gasteiger partial charge in [0.2, 0.25) is 5.89 Å². The molecule has 3 heterocycles. The molecule has 0 saturated heterocycles. The first-order valence-electron chi connectivity index (χ1n) is 9.52. The fourth-order valence-electron chi connectivity index (χ4n) is 3.07. The zero-order chi connectivity index (χ0) is 21.8. The lowest BCUT2D eigenvalue weighted by molar-refractivity contribution is 0.186. The second-order valence-electron chi connectivity index (χ2n) is 6.82. The molecule has 8 heteroatoms. The molecule has 1 atom stereocenters. The van der Waals surface area contributed by atoms with Gasteiger partial charge in [0, 0.05) is 41.7 Å². The Morgan fingerprint density at radius 3 is 2.71 bits per heavy atom. The van der Waals surface area contributed by atoms with E-state index < -0.39 is 6.10 Å². The summed E-state index contributed by atoms with van der Waals surface area (Å²) in [4.78, 5) is 13.0. The minimum Gasteiger partial charge on any atom is -0.456 e. The van der Waals surface area contributed by atoms with E-state index in [-0.39, 0.29) is 6.54 Å². The number of benzene rings is 1. The SMILES string of the molecule is Cc1cc(Oc2cc(C#N)ccc2-c2ccc([C@H](O)CN)cn2)cc(-c2ncco2)n1.